The van der Waals surface area contributed by atoms with Crippen molar-refractivity contribution >= 4 is 50.7 Å². The zero-order valence-corrected chi connectivity index (χ0v) is 27.3. The van der Waals surface area contributed by atoms with Crippen molar-refractivity contribution in [3.8, 4) is 5.75 Å². The highest BCUT2D eigenvalue weighted by atomic mass is 79.9. The maximum Gasteiger partial charge on any atom is 0.162 e. The topological polar surface area (TPSA) is 55.8 Å². The summed E-state index contributed by atoms with van der Waals surface area (Å²) in [6.07, 6.45) is 2.33. The summed E-state index contributed by atoms with van der Waals surface area (Å²) in [5.74, 6) is 0.266. The van der Waals surface area contributed by atoms with Crippen LogP contribution >= 0.6 is 39.1 Å². The van der Waals surface area contributed by atoms with Crippen LogP contribution < -0.4 is 4.74 Å². The number of carbonyl (C=O) groups is 2. The molecule has 0 atom stereocenters. The van der Waals surface area contributed by atoms with Crippen LogP contribution in [0.3, 0.4) is 0 Å². The number of carbonyl (C=O) groups excluding carboxylic acids is 2. The van der Waals surface area contributed by atoms with Gasteiger partial charge in [0.15, 0.2) is 11.6 Å². The van der Waals surface area contributed by atoms with E-state index in [-0.39, 0.29) is 29.0 Å². The average molecular weight is 661 g/mol. The van der Waals surface area contributed by atoms with E-state index in [4.69, 9.17) is 32.7 Å². The Morgan fingerprint density at radius 1 is 0.902 bits per heavy atom. The van der Waals surface area contributed by atoms with Crippen molar-refractivity contribution in [3.63, 3.8) is 0 Å². The van der Waals surface area contributed by atoms with Crippen molar-refractivity contribution in [2.45, 2.75) is 65.9 Å². The van der Waals surface area contributed by atoms with Crippen LogP contribution in [-0.2, 0) is 20.9 Å². The molecule has 2 aliphatic carbocycles. The largest absolute Gasteiger partial charge is 0.489 e. The number of methoxy groups -OCH3 is 1. The number of ketones is 2. The number of nitrogens with zero attached hydrogens (tertiary/aromatic N) is 1. The van der Waals surface area contributed by atoms with Gasteiger partial charge >= 0.3 is 0 Å². The molecule has 0 N–H and O–H groups in total. The van der Waals surface area contributed by atoms with Gasteiger partial charge in [-0.25, -0.2) is 0 Å². The lowest BCUT2D eigenvalue weighted by atomic mass is 9.63. The summed E-state index contributed by atoms with van der Waals surface area (Å²) >= 11 is 16.2. The first-order valence-electron chi connectivity index (χ1n) is 14.0. The quantitative estimate of drug-likeness (QED) is 0.297. The number of ether oxygens (including phenoxy) is 2. The molecule has 0 amide bonds. The zero-order chi connectivity index (χ0) is 29.7. The van der Waals surface area contributed by atoms with Crippen LogP contribution in [0.25, 0.3) is 0 Å². The molecular formula is C33H36BrCl2NO4. The fourth-order valence-corrected chi connectivity index (χ4v) is 7.32. The summed E-state index contributed by atoms with van der Waals surface area (Å²) in [7, 11) is 1.68. The molecule has 218 valence electrons. The van der Waals surface area contributed by atoms with E-state index in [0.717, 1.165) is 39.8 Å². The number of rotatable bonds is 7. The second-order valence-corrected chi connectivity index (χ2v) is 14.6. The monoisotopic (exact) mass is 659 g/mol. The van der Waals surface area contributed by atoms with Crippen molar-refractivity contribution < 1.29 is 19.1 Å². The molecule has 5 rings (SSSR count). The molecule has 1 aliphatic heterocycles. The van der Waals surface area contributed by atoms with E-state index in [1.54, 1.807) is 19.2 Å². The van der Waals surface area contributed by atoms with Crippen molar-refractivity contribution in [3.05, 3.63) is 84.6 Å². The van der Waals surface area contributed by atoms with E-state index < -0.39 is 5.92 Å². The van der Waals surface area contributed by atoms with Gasteiger partial charge in [-0.2, -0.15) is 0 Å². The minimum atomic E-state index is -0.515. The number of hydrogen-bond acceptors (Lipinski definition) is 5. The van der Waals surface area contributed by atoms with E-state index in [1.165, 1.54) is 0 Å². The van der Waals surface area contributed by atoms with Crippen LogP contribution in [0.4, 0.5) is 0 Å². The normalized spacial score (nSPS) is 20.3. The third kappa shape index (κ3) is 6.17. The summed E-state index contributed by atoms with van der Waals surface area (Å²) in [4.78, 5) is 30.4. The van der Waals surface area contributed by atoms with Crippen LogP contribution in [0.1, 0.15) is 70.4 Å². The fraction of sp³-hybridized carbons (Fsp3) is 0.455. The van der Waals surface area contributed by atoms with Crippen LogP contribution in [0.15, 0.2) is 63.4 Å². The molecule has 0 fully saturated rings. The second-order valence-electron chi connectivity index (χ2n) is 12.9. The molecule has 0 radical (unpaired) electrons. The number of benzene rings is 2. The number of allylic oxidation sites excluding steroid dienone is 4. The zero-order valence-electron chi connectivity index (χ0n) is 24.2. The summed E-state index contributed by atoms with van der Waals surface area (Å²) < 4.78 is 12.8. The van der Waals surface area contributed by atoms with Crippen molar-refractivity contribution in [2.75, 3.05) is 20.3 Å². The van der Waals surface area contributed by atoms with Gasteiger partial charge in [-0.05, 0) is 54.0 Å². The fourth-order valence-electron chi connectivity index (χ4n) is 6.48. The molecule has 41 heavy (non-hydrogen) atoms. The molecule has 0 spiro atoms. The third-order valence-corrected chi connectivity index (χ3v) is 9.30. The Morgan fingerprint density at radius 2 is 1.51 bits per heavy atom. The highest BCUT2D eigenvalue weighted by Crippen LogP contribution is 2.55. The lowest BCUT2D eigenvalue weighted by Crippen LogP contribution is -2.45. The SMILES string of the molecule is COCCN1C2=C(C(=O)CC(C)(C)C2)C(c2cc(Br)ccc2OCc2ccc(Cl)cc2Cl)C2=C1CC(C)(C)CC2=O. The molecule has 5 nitrogen and oxygen atoms in total. The molecule has 0 bridgehead atoms. The summed E-state index contributed by atoms with van der Waals surface area (Å²) in [5.41, 5.74) is 4.63. The van der Waals surface area contributed by atoms with Gasteiger partial charge in [0.1, 0.15) is 12.4 Å². The first kappa shape index (κ1) is 30.3. The predicted molar refractivity (Wildman–Crippen MR) is 166 cm³/mol. The van der Waals surface area contributed by atoms with E-state index in [1.807, 2.05) is 24.3 Å². The van der Waals surface area contributed by atoms with Crippen molar-refractivity contribution in [2.24, 2.45) is 10.8 Å². The Kier molecular flexibility index (Phi) is 8.52. The Morgan fingerprint density at radius 3 is 2.07 bits per heavy atom. The average Bonchev–Trinajstić information content (AvgIpc) is 2.86. The van der Waals surface area contributed by atoms with Crippen LogP contribution in [0.2, 0.25) is 10.0 Å². The first-order valence-corrected chi connectivity index (χ1v) is 15.5. The highest BCUT2D eigenvalue weighted by molar-refractivity contribution is 9.10. The van der Waals surface area contributed by atoms with Crippen LogP contribution in [0, 0.1) is 10.8 Å². The second kappa shape index (κ2) is 11.5. The van der Waals surface area contributed by atoms with Crippen LogP contribution in [-0.4, -0.2) is 36.7 Å². The Labute approximate surface area is 261 Å². The maximum atomic E-state index is 14.1. The summed E-state index contributed by atoms with van der Waals surface area (Å²) in [6, 6.07) is 11.1. The Balaban J connectivity index is 1.69. The molecule has 3 aliphatic rings. The highest BCUT2D eigenvalue weighted by Gasteiger charge is 2.49. The predicted octanol–water partition coefficient (Wildman–Crippen LogP) is 8.67. The molecule has 8 heteroatoms. The van der Waals surface area contributed by atoms with Gasteiger partial charge in [0, 0.05) is 80.6 Å². The Hall–Kier alpha value is -2.12. The van der Waals surface area contributed by atoms with E-state index in [9.17, 15) is 9.59 Å². The lowest BCUT2D eigenvalue weighted by molar-refractivity contribution is -0.119. The minimum absolute atomic E-state index is 0.0829. The standard InChI is InChI=1S/C33H36BrCl2NO4/c1-32(2)14-24-30(26(38)16-32)29(31-25(37(24)10-11-40-5)15-33(3,4)17-27(31)39)22-12-20(34)7-9-28(22)41-18-19-6-8-21(35)13-23(19)36/h6-9,12-13,29H,10-11,14-18H2,1-5H3. The van der Waals surface area contributed by atoms with Crippen molar-refractivity contribution in [1.82, 2.24) is 4.90 Å². The van der Waals surface area contributed by atoms with E-state index >= 15 is 0 Å². The summed E-state index contributed by atoms with van der Waals surface area (Å²) in [6.45, 7) is 9.86. The van der Waals surface area contributed by atoms with E-state index in [2.05, 4.69) is 48.5 Å². The van der Waals surface area contributed by atoms with Gasteiger partial charge in [-0.3, -0.25) is 9.59 Å². The number of halogens is 3. The van der Waals surface area contributed by atoms with Gasteiger partial charge in [-0.1, -0.05) is 72.9 Å². The van der Waals surface area contributed by atoms with Gasteiger partial charge in [0.2, 0.25) is 0 Å². The maximum absolute atomic E-state index is 14.1. The first-order chi connectivity index (χ1) is 19.3. The smallest absolute Gasteiger partial charge is 0.162 e. The third-order valence-electron chi connectivity index (χ3n) is 8.22. The number of hydrogen-bond donors (Lipinski definition) is 0. The van der Waals surface area contributed by atoms with Crippen LogP contribution in [0.5, 0.6) is 5.75 Å². The molecule has 0 unspecified atom stereocenters. The molecular weight excluding hydrogens is 625 g/mol. The lowest BCUT2D eigenvalue weighted by Gasteiger charge is -2.49. The minimum Gasteiger partial charge on any atom is -0.489 e. The van der Waals surface area contributed by atoms with E-state index in [0.29, 0.717) is 52.9 Å². The number of Topliss-reactive ketones (excluding diaryl/α,β-unsaturated/α-hetero) is 2. The van der Waals surface area contributed by atoms with Gasteiger partial charge < -0.3 is 14.4 Å². The van der Waals surface area contributed by atoms with Gasteiger partial charge in [0.25, 0.3) is 0 Å². The molecule has 0 saturated carbocycles. The molecule has 1 heterocycles. The van der Waals surface area contributed by atoms with Crippen molar-refractivity contribution in [1.29, 1.82) is 0 Å². The molecule has 0 aromatic heterocycles. The summed E-state index contributed by atoms with van der Waals surface area (Å²) in [5, 5.41) is 1.08. The van der Waals surface area contributed by atoms with Gasteiger partial charge in [-0.15, -0.1) is 0 Å². The molecule has 2 aromatic rings. The van der Waals surface area contributed by atoms with Gasteiger partial charge in [0.05, 0.1) is 6.61 Å². The Bertz CT molecular complexity index is 1420. The molecule has 0 saturated heterocycles. The molecule has 2 aromatic carbocycles.